The number of carbonyl (C=O) groups is 1. The molecule has 0 aliphatic carbocycles. The predicted octanol–water partition coefficient (Wildman–Crippen LogP) is 2.31. The van der Waals surface area contributed by atoms with Gasteiger partial charge in [0.15, 0.2) is 0 Å². The van der Waals surface area contributed by atoms with Gasteiger partial charge in [0.05, 0.1) is 11.3 Å². The average Bonchev–Trinajstić information content (AvgIpc) is 2.37. The quantitative estimate of drug-likeness (QED) is 0.576. The number of hydrogen-bond acceptors (Lipinski definition) is 2. The summed E-state index contributed by atoms with van der Waals surface area (Å²) in [5, 5.41) is 9.54. The summed E-state index contributed by atoms with van der Waals surface area (Å²) in [7, 11) is 1.25. The van der Waals surface area contributed by atoms with Crippen molar-refractivity contribution in [2.75, 3.05) is 11.9 Å². The Morgan fingerprint density at radius 3 is 2.45 bits per heavy atom. The molecule has 0 bridgehead atoms. The first-order valence-electron chi connectivity index (χ1n) is 5.79. The highest BCUT2D eigenvalue weighted by atomic mass is 19.4. The summed E-state index contributed by atoms with van der Waals surface area (Å²) in [5.74, 6) is -0.782. The Balaban J connectivity index is 3.61. The van der Waals surface area contributed by atoms with Crippen LogP contribution < -0.4 is 16.0 Å². The van der Waals surface area contributed by atoms with Crippen LogP contribution in [0.1, 0.15) is 18.1 Å². The minimum atomic E-state index is -4.65. The number of nitrogens with one attached hydrogen (secondary N) is 2. The number of benzene rings is 1. The molecule has 0 spiro atoms. The number of urea groups is 1. The maximum atomic E-state index is 13.1. The molecule has 0 unspecified atom stereocenters. The molecule has 0 radical (unpaired) electrons. The molecule has 0 saturated heterocycles. The highest BCUT2D eigenvalue weighted by Crippen LogP contribution is 2.38. The van der Waals surface area contributed by atoms with E-state index in [1.54, 1.807) is 6.92 Å². The Hall–Kier alpha value is -2.25. The lowest BCUT2D eigenvalue weighted by Crippen LogP contribution is -2.47. The van der Waals surface area contributed by atoms with Crippen molar-refractivity contribution in [1.29, 1.82) is 5.41 Å². The third kappa shape index (κ3) is 3.01. The first kappa shape index (κ1) is 15.8. The molecular formula is C12H15F3N4O. The molecule has 0 atom stereocenters. The molecule has 1 aromatic carbocycles. The number of carbonyl (C=O) groups excluding carboxylic acids is 1. The first-order valence-corrected chi connectivity index (χ1v) is 5.79. The lowest BCUT2D eigenvalue weighted by atomic mass is 10.0. The molecule has 0 heterocycles. The van der Waals surface area contributed by atoms with Crippen LogP contribution >= 0.6 is 0 Å². The van der Waals surface area contributed by atoms with Gasteiger partial charge in [-0.15, -0.1) is 0 Å². The molecule has 2 amide bonds. The molecule has 4 N–H and O–H groups in total. The molecule has 110 valence electrons. The van der Waals surface area contributed by atoms with E-state index in [1.165, 1.54) is 19.2 Å². The van der Waals surface area contributed by atoms with Crippen molar-refractivity contribution >= 4 is 17.7 Å². The number of guanidine groups is 1. The summed E-state index contributed by atoms with van der Waals surface area (Å²) in [6, 6.07) is 2.67. The van der Waals surface area contributed by atoms with Gasteiger partial charge >= 0.3 is 12.2 Å². The molecule has 0 aliphatic rings. The van der Waals surface area contributed by atoms with Crippen LogP contribution in [0, 0.1) is 5.41 Å². The van der Waals surface area contributed by atoms with Crippen molar-refractivity contribution in [3.63, 3.8) is 0 Å². The highest BCUT2D eigenvalue weighted by Gasteiger charge is 2.37. The fourth-order valence-electron chi connectivity index (χ4n) is 1.81. The van der Waals surface area contributed by atoms with Gasteiger partial charge in [0.25, 0.3) is 0 Å². The molecule has 5 nitrogen and oxygen atoms in total. The van der Waals surface area contributed by atoms with E-state index in [2.05, 4.69) is 5.32 Å². The van der Waals surface area contributed by atoms with Gasteiger partial charge in [0.2, 0.25) is 5.96 Å². The van der Waals surface area contributed by atoms with Crippen molar-refractivity contribution in [1.82, 2.24) is 5.32 Å². The van der Waals surface area contributed by atoms with Gasteiger partial charge in [-0.3, -0.25) is 5.41 Å². The molecular weight excluding hydrogens is 273 g/mol. The van der Waals surface area contributed by atoms with Crippen LogP contribution in [0.2, 0.25) is 0 Å². The minimum Gasteiger partial charge on any atom is -0.369 e. The van der Waals surface area contributed by atoms with Gasteiger partial charge < -0.3 is 11.1 Å². The summed E-state index contributed by atoms with van der Waals surface area (Å²) >= 11 is 0. The monoisotopic (exact) mass is 288 g/mol. The van der Waals surface area contributed by atoms with Crippen LogP contribution in [0.5, 0.6) is 0 Å². The number of halogens is 3. The summed E-state index contributed by atoms with van der Waals surface area (Å²) < 4.78 is 39.3. The normalized spacial score (nSPS) is 11.1. The molecule has 0 aromatic heterocycles. The fraction of sp³-hybridized carbons (Fsp3) is 0.333. The standard InChI is InChI=1S/C12H15F3N4O/c1-3-7-5-4-6-8(12(13,14)15)9(7)19(10(16)17)11(20)18-2/h4-6H,3H2,1-2H3,(H3,16,17)(H,18,20). The summed E-state index contributed by atoms with van der Waals surface area (Å²) in [6.07, 6.45) is -4.39. The predicted molar refractivity (Wildman–Crippen MR) is 69.7 cm³/mol. The minimum absolute atomic E-state index is 0.264. The van der Waals surface area contributed by atoms with Crippen molar-refractivity contribution in [3.05, 3.63) is 29.3 Å². The molecule has 0 fully saturated rings. The van der Waals surface area contributed by atoms with E-state index >= 15 is 0 Å². The maximum Gasteiger partial charge on any atom is 0.418 e. The number of aryl methyl sites for hydroxylation is 1. The smallest absolute Gasteiger partial charge is 0.369 e. The average molecular weight is 288 g/mol. The molecule has 1 aromatic rings. The Morgan fingerprint density at radius 2 is 2.05 bits per heavy atom. The third-order valence-corrected chi connectivity index (χ3v) is 2.69. The van der Waals surface area contributed by atoms with Crippen molar-refractivity contribution < 1.29 is 18.0 Å². The van der Waals surface area contributed by atoms with Gasteiger partial charge in [-0.2, -0.15) is 13.2 Å². The van der Waals surface area contributed by atoms with Gasteiger partial charge in [0.1, 0.15) is 0 Å². The van der Waals surface area contributed by atoms with Gasteiger partial charge in [0, 0.05) is 7.05 Å². The number of nitrogens with zero attached hydrogens (tertiary/aromatic N) is 1. The number of para-hydroxylation sites is 1. The van der Waals surface area contributed by atoms with E-state index in [0.29, 0.717) is 4.90 Å². The zero-order valence-corrected chi connectivity index (χ0v) is 11.0. The van der Waals surface area contributed by atoms with Crippen molar-refractivity contribution in [2.24, 2.45) is 5.73 Å². The van der Waals surface area contributed by atoms with E-state index in [0.717, 1.165) is 6.07 Å². The molecule has 20 heavy (non-hydrogen) atoms. The van der Waals surface area contributed by atoms with Crippen molar-refractivity contribution in [3.8, 4) is 0 Å². The Bertz CT molecular complexity index is 528. The maximum absolute atomic E-state index is 13.1. The number of anilines is 1. The summed E-state index contributed by atoms with van der Waals surface area (Å²) in [4.78, 5) is 12.2. The number of nitrogens with two attached hydrogens (primary N) is 1. The number of hydrogen-bond donors (Lipinski definition) is 3. The first-order chi connectivity index (χ1) is 9.23. The van der Waals surface area contributed by atoms with E-state index in [4.69, 9.17) is 11.1 Å². The Labute approximate surface area is 114 Å². The van der Waals surface area contributed by atoms with Gasteiger partial charge in [-0.05, 0) is 18.1 Å². The second kappa shape index (κ2) is 5.81. The molecule has 0 aliphatic heterocycles. The SMILES string of the molecule is CCc1cccc(C(F)(F)F)c1N(C(=N)N)C(=O)NC. The van der Waals surface area contributed by atoms with Crippen LogP contribution in [0.15, 0.2) is 18.2 Å². The zero-order valence-electron chi connectivity index (χ0n) is 11.0. The van der Waals surface area contributed by atoms with Crippen LogP contribution in [-0.2, 0) is 12.6 Å². The fourth-order valence-corrected chi connectivity index (χ4v) is 1.81. The Morgan fingerprint density at radius 1 is 1.45 bits per heavy atom. The van der Waals surface area contributed by atoms with Crippen LogP contribution in [-0.4, -0.2) is 19.0 Å². The molecule has 0 saturated carbocycles. The summed E-state index contributed by atoms with van der Waals surface area (Å²) in [6.45, 7) is 1.65. The largest absolute Gasteiger partial charge is 0.418 e. The second-order valence-corrected chi connectivity index (χ2v) is 3.94. The van der Waals surface area contributed by atoms with E-state index in [-0.39, 0.29) is 12.0 Å². The third-order valence-electron chi connectivity index (χ3n) is 2.69. The Kier molecular flexibility index (Phi) is 4.59. The van der Waals surface area contributed by atoms with E-state index < -0.39 is 29.4 Å². The van der Waals surface area contributed by atoms with Gasteiger partial charge in [-0.25, -0.2) is 9.69 Å². The van der Waals surface area contributed by atoms with Crippen LogP contribution in [0.25, 0.3) is 0 Å². The van der Waals surface area contributed by atoms with Crippen LogP contribution in [0.4, 0.5) is 23.7 Å². The zero-order chi connectivity index (χ0) is 15.5. The topological polar surface area (TPSA) is 82.2 Å². The van der Waals surface area contributed by atoms with Crippen LogP contribution in [0.3, 0.4) is 0 Å². The molecule has 1 rings (SSSR count). The lowest BCUT2D eigenvalue weighted by Gasteiger charge is -2.26. The second-order valence-electron chi connectivity index (χ2n) is 3.94. The number of amides is 2. The van der Waals surface area contributed by atoms with Crippen molar-refractivity contribution in [2.45, 2.75) is 19.5 Å². The molecule has 8 heteroatoms. The lowest BCUT2D eigenvalue weighted by molar-refractivity contribution is -0.137. The summed E-state index contributed by atoms with van der Waals surface area (Å²) in [5.41, 5.74) is 4.13. The number of alkyl halides is 3. The van der Waals surface area contributed by atoms with Gasteiger partial charge in [-0.1, -0.05) is 19.1 Å². The number of rotatable bonds is 2. The van der Waals surface area contributed by atoms with E-state index in [9.17, 15) is 18.0 Å². The van der Waals surface area contributed by atoms with E-state index in [1.807, 2.05) is 0 Å². The highest BCUT2D eigenvalue weighted by molar-refractivity contribution is 6.14.